The molecule has 0 atom stereocenters. The molecule has 9 heteroatoms. The second kappa shape index (κ2) is 7.16. The Morgan fingerprint density at radius 3 is 2.46 bits per heavy atom. The summed E-state index contributed by atoms with van der Waals surface area (Å²) in [5, 5.41) is 0. The molecular formula is C17H20N2O5S2. The van der Waals surface area contributed by atoms with E-state index in [1.165, 1.54) is 35.7 Å². The first-order chi connectivity index (χ1) is 12.3. The van der Waals surface area contributed by atoms with Crippen molar-refractivity contribution < 1.29 is 21.6 Å². The van der Waals surface area contributed by atoms with E-state index in [9.17, 15) is 16.8 Å². The van der Waals surface area contributed by atoms with Crippen LogP contribution in [0.2, 0.25) is 0 Å². The van der Waals surface area contributed by atoms with Crippen LogP contribution in [0, 0.1) is 0 Å². The molecule has 0 spiro atoms. The quantitative estimate of drug-likeness (QED) is 0.838. The number of hydrogen-bond donors (Lipinski definition) is 1. The average molecular weight is 396 g/mol. The number of rotatable bonds is 5. The fourth-order valence-electron chi connectivity index (χ4n) is 2.77. The Labute approximate surface area is 153 Å². The number of nitrogens with zero attached hydrogens (tertiary/aromatic N) is 1. The van der Waals surface area contributed by atoms with Gasteiger partial charge < -0.3 is 4.74 Å². The summed E-state index contributed by atoms with van der Waals surface area (Å²) in [5.74, 6) is 0.653. The molecule has 1 aliphatic rings. The van der Waals surface area contributed by atoms with Crippen LogP contribution in [0.25, 0.3) is 0 Å². The van der Waals surface area contributed by atoms with Crippen LogP contribution in [0.5, 0.6) is 5.75 Å². The second-order valence-electron chi connectivity index (χ2n) is 5.93. The molecule has 0 unspecified atom stereocenters. The summed E-state index contributed by atoms with van der Waals surface area (Å²) in [6.07, 6.45) is 1.44. The van der Waals surface area contributed by atoms with Gasteiger partial charge in [0.2, 0.25) is 10.0 Å². The van der Waals surface area contributed by atoms with Gasteiger partial charge in [-0.15, -0.1) is 0 Å². The number of methoxy groups -OCH3 is 1. The summed E-state index contributed by atoms with van der Waals surface area (Å²) >= 11 is 0. The monoisotopic (exact) mass is 396 g/mol. The van der Waals surface area contributed by atoms with E-state index in [1.54, 1.807) is 24.3 Å². The Hall–Kier alpha value is -2.26. The van der Waals surface area contributed by atoms with Gasteiger partial charge in [-0.3, -0.25) is 9.03 Å². The zero-order valence-electron chi connectivity index (χ0n) is 14.3. The van der Waals surface area contributed by atoms with E-state index in [4.69, 9.17) is 4.74 Å². The van der Waals surface area contributed by atoms with Crippen LogP contribution < -0.4 is 13.8 Å². The Morgan fingerprint density at radius 1 is 1.08 bits per heavy atom. The van der Waals surface area contributed by atoms with Gasteiger partial charge in [0.25, 0.3) is 10.0 Å². The number of nitrogens with one attached hydrogen (secondary N) is 1. The highest BCUT2D eigenvalue weighted by molar-refractivity contribution is 7.93. The van der Waals surface area contributed by atoms with E-state index >= 15 is 0 Å². The fourth-order valence-corrected chi connectivity index (χ4v) is 5.46. The van der Waals surface area contributed by atoms with Crippen LogP contribution >= 0.6 is 0 Å². The highest BCUT2D eigenvalue weighted by atomic mass is 32.2. The van der Waals surface area contributed by atoms with E-state index in [-0.39, 0.29) is 10.6 Å². The Kier molecular flexibility index (Phi) is 5.10. The molecule has 1 heterocycles. The van der Waals surface area contributed by atoms with Gasteiger partial charge in [0.1, 0.15) is 5.75 Å². The number of sulfonamides is 2. The minimum atomic E-state index is -3.79. The van der Waals surface area contributed by atoms with Crippen LogP contribution in [0.15, 0.2) is 53.4 Å². The lowest BCUT2D eigenvalue weighted by Gasteiger charge is -2.28. The van der Waals surface area contributed by atoms with Crippen molar-refractivity contribution in [3.05, 3.63) is 48.5 Å². The smallest absolute Gasteiger partial charge is 0.261 e. The largest absolute Gasteiger partial charge is 0.497 e. The lowest BCUT2D eigenvalue weighted by atomic mass is 10.3. The molecule has 1 saturated heterocycles. The van der Waals surface area contributed by atoms with Crippen molar-refractivity contribution in [2.24, 2.45) is 0 Å². The van der Waals surface area contributed by atoms with E-state index in [1.807, 2.05) is 0 Å². The van der Waals surface area contributed by atoms with Crippen molar-refractivity contribution in [3.63, 3.8) is 0 Å². The van der Waals surface area contributed by atoms with Crippen LogP contribution in [-0.4, -0.2) is 36.2 Å². The first-order valence-corrected chi connectivity index (χ1v) is 11.2. The lowest BCUT2D eigenvalue weighted by molar-refractivity contribution is 0.415. The molecule has 1 N–H and O–H groups in total. The third kappa shape index (κ3) is 3.94. The Balaban J connectivity index is 1.83. The van der Waals surface area contributed by atoms with Gasteiger partial charge in [0.05, 0.1) is 29.1 Å². The average Bonchev–Trinajstić information content (AvgIpc) is 2.61. The molecule has 0 bridgehead atoms. The molecule has 26 heavy (non-hydrogen) atoms. The maximum atomic E-state index is 12.5. The molecule has 2 aromatic rings. The molecule has 3 rings (SSSR count). The molecule has 0 radical (unpaired) electrons. The maximum absolute atomic E-state index is 12.5. The van der Waals surface area contributed by atoms with Gasteiger partial charge in [-0.1, -0.05) is 6.07 Å². The summed E-state index contributed by atoms with van der Waals surface area (Å²) in [7, 11) is -5.61. The van der Waals surface area contributed by atoms with E-state index < -0.39 is 20.0 Å². The van der Waals surface area contributed by atoms with Crippen LogP contribution in [0.1, 0.15) is 12.8 Å². The molecule has 1 fully saturated rings. The van der Waals surface area contributed by atoms with E-state index in [0.717, 1.165) is 6.42 Å². The third-order valence-electron chi connectivity index (χ3n) is 4.11. The summed E-state index contributed by atoms with van der Waals surface area (Å²) < 4.78 is 58.3. The topological polar surface area (TPSA) is 92.8 Å². The highest BCUT2D eigenvalue weighted by Crippen LogP contribution is 2.26. The van der Waals surface area contributed by atoms with Crippen molar-refractivity contribution >= 4 is 31.4 Å². The molecule has 0 amide bonds. The molecule has 0 aliphatic carbocycles. The lowest BCUT2D eigenvalue weighted by Crippen LogP contribution is -2.37. The number of anilines is 2. The predicted molar refractivity (Wildman–Crippen MR) is 101 cm³/mol. The molecular weight excluding hydrogens is 376 g/mol. The zero-order chi connectivity index (χ0) is 18.8. The molecule has 2 aromatic carbocycles. The van der Waals surface area contributed by atoms with Crippen LogP contribution in [0.4, 0.5) is 11.4 Å². The minimum absolute atomic E-state index is 0.0541. The van der Waals surface area contributed by atoms with Crippen molar-refractivity contribution in [1.82, 2.24) is 0 Å². The standard InChI is InChI=1S/C17H20N2O5S2/c1-24-16-6-4-5-14(13-16)18-26(22,23)17-9-7-15(8-10-17)19-11-2-3-12-25(19,20)21/h4-10,13,18H,2-3,11-12H2,1H3. The molecule has 0 saturated carbocycles. The van der Waals surface area contributed by atoms with Gasteiger partial charge in [-0.2, -0.15) is 0 Å². The highest BCUT2D eigenvalue weighted by Gasteiger charge is 2.26. The summed E-state index contributed by atoms with van der Waals surface area (Å²) in [6.45, 7) is 0.413. The van der Waals surface area contributed by atoms with Gasteiger partial charge in [0.15, 0.2) is 0 Å². The molecule has 140 valence electrons. The van der Waals surface area contributed by atoms with Gasteiger partial charge >= 0.3 is 0 Å². The number of benzene rings is 2. The van der Waals surface area contributed by atoms with E-state index in [0.29, 0.717) is 30.1 Å². The summed E-state index contributed by atoms with van der Waals surface area (Å²) in [4.78, 5) is 0.0541. The second-order valence-corrected chi connectivity index (χ2v) is 9.62. The first kappa shape index (κ1) is 18.5. The van der Waals surface area contributed by atoms with E-state index in [2.05, 4.69) is 4.72 Å². The Morgan fingerprint density at radius 2 is 1.81 bits per heavy atom. The van der Waals surface area contributed by atoms with Crippen molar-refractivity contribution in [2.75, 3.05) is 28.4 Å². The molecule has 1 aliphatic heterocycles. The van der Waals surface area contributed by atoms with Gasteiger partial charge in [0, 0.05) is 12.6 Å². The SMILES string of the molecule is COc1cccc(NS(=O)(=O)c2ccc(N3CCCCS3(=O)=O)cc2)c1. The first-order valence-electron chi connectivity index (χ1n) is 8.09. The van der Waals surface area contributed by atoms with Crippen molar-refractivity contribution in [1.29, 1.82) is 0 Å². The third-order valence-corrected chi connectivity index (χ3v) is 7.37. The van der Waals surface area contributed by atoms with Crippen molar-refractivity contribution in [3.8, 4) is 5.75 Å². The minimum Gasteiger partial charge on any atom is -0.497 e. The van der Waals surface area contributed by atoms with Crippen LogP contribution in [-0.2, 0) is 20.0 Å². The molecule has 0 aromatic heterocycles. The summed E-state index contributed by atoms with van der Waals surface area (Å²) in [5.41, 5.74) is 0.858. The van der Waals surface area contributed by atoms with Gasteiger partial charge in [-0.25, -0.2) is 16.8 Å². The maximum Gasteiger partial charge on any atom is 0.261 e. The zero-order valence-corrected chi connectivity index (χ0v) is 15.9. The number of hydrogen-bond acceptors (Lipinski definition) is 5. The Bertz CT molecular complexity index is 986. The van der Waals surface area contributed by atoms with Gasteiger partial charge in [-0.05, 0) is 49.2 Å². The normalized spacial score (nSPS) is 16.9. The predicted octanol–water partition coefficient (Wildman–Crippen LogP) is 2.43. The number of ether oxygens (including phenoxy) is 1. The van der Waals surface area contributed by atoms with Crippen molar-refractivity contribution in [2.45, 2.75) is 17.7 Å². The fraction of sp³-hybridized carbons (Fsp3) is 0.294. The van der Waals surface area contributed by atoms with Crippen LogP contribution in [0.3, 0.4) is 0 Å². The molecule has 7 nitrogen and oxygen atoms in total. The summed E-state index contributed by atoms with van der Waals surface area (Å²) in [6, 6.07) is 12.4.